The van der Waals surface area contributed by atoms with Crippen LogP contribution in [0.5, 0.6) is 0 Å². The van der Waals surface area contributed by atoms with E-state index in [1.54, 1.807) is 31.3 Å². The summed E-state index contributed by atoms with van der Waals surface area (Å²) in [5.41, 5.74) is -1.06. The molecular formula is C14H13F3N4O. The second-order valence-corrected chi connectivity index (χ2v) is 4.89. The highest BCUT2D eigenvalue weighted by atomic mass is 19.4. The van der Waals surface area contributed by atoms with Crippen molar-refractivity contribution in [2.24, 2.45) is 0 Å². The van der Waals surface area contributed by atoms with Gasteiger partial charge in [0.25, 0.3) is 5.56 Å². The van der Waals surface area contributed by atoms with Crippen molar-refractivity contribution in [3.8, 4) is 0 Å². The Morgan fingerprint density at radius 2 is 2.05 bits per heavy atom. The van der Waals surface area contributed by atoms with E-state index >= 15 is 0 Å². The second-order valence-electron chi connectivity index (χ2n) is 4.89. The van der Waals surface area contributed by atoms with Crippen LogP contribution in [-0.2, 0) is 12.6 Å². The predicted molar refractivity (Wildman–Crippen MR) is 76.0 cm³/mol. The molecule has 1 aromatic carbocycles. The summed E-state index contributed by atoms with van der Waals surface area (Å²) in [6.07, 6.45) is -4.66. The Morgan fingerprint density at radius 1 is 1.32 bits per heavy atom. The van der Waals surface area contributed by atoms with E-state index in [4.69, 9.17) is 0 Å². The highest BCUT2D eigenvalue weighted by Gasteiger charge is 2.36. The molecule has 116 valence electrons. The van der Waals surface area contributed by atoms with Crippen molar-refractivity contribution in [1.29, 1.82) is 0 Å². The summed E-state index contributed by atoms with van der Waals surface area (Å²) in [7, 11) is 1.62. The van der Waals surface area contributed by atoms with Gasteiger partial charge in [0, 0.05) is 5.56 Å². The number of aromatic nitrogens is 3. The first-order valence-electron chi connectivity index (χ1n) is 6.67. The van der Waals surface area contributed by atoms with Crippen molar-refractivity contribution < 1.29 is 13.2 Å². The van der Waals surface area contributed by atoms with Gasteiger partial charge < -0.3 is 10.3 Å². The minimum absolute atomic E-state index is 0.0247. The Labute approximate surface area is 122 Å². The quantitative estimate of drug-likeness (QED) is 0.777. The molecule has 3 aromatic rings. The van der Waals surface area contributed by atoms with Crippen molar-refractivity contribution in [3.63, 3.8) is 0 Å². The second kappa shape index (κ2) is 5.13. The van der Waals surface area contributed by atoms with Crippen LogP contribution in [0.15, 0.2) is 29.1 Å². The first-order chi connectivity index (χ1) is 10.4. The van der Waals surface area contributed by atoms with Crippen molar-refractivity contribution in [1.82, 2.24) is 19.7 Å². The van der Waals surface area contributed by atoms with Crippen LogP contribution in [-0.4, -0.2) is 28.0 Å². The lowest BCUT2D eigenvalue weighted by Crippen LogP contribution is -2.28. The lowest BCUT2D eigenvalue weighted by Gasteiger charge is -2.12. The Balaban J connectivity index is 2.39. The zero-order valence-corrected chi connectivity index (χ0v) is 11.7. The van der Waals surface area contributed by atoms with E-state index in [0.717, 1.165) is 0 Å². The van der Waals surface area contributed by atoms with E-state index in [2.05, 4.69) is 15.3 Å². The SMILES string of the molecule is CNCCc1c(C(F)(F)F)[nH]c2nc3ccccc3n2c1=O. The van der Waals surface area contributed by atoms with Gasteiger partial charge in [0.05, 0.1) is 11.0 Å². The van der Waals surface area contributed by atoms with E-state index in [0.29, 0.717) is 11.0 Å². The van der Waals surface area contributed by atoms with Crippen molar-refractivity contribution in [2.45, 2.75) is 12.6 Å². The largest absolute Gasteiger partial charge is 0.431 e. The van der Waals surface area contributed by atoms with Gasteiger partial charge in [-0.3, -0.25) is 4.79 Å². The molecular weight excluding hydrogens is 297 g/mol. The average molecular weight is 310 g/mol. The molecule has 2 aromatic heterocycles. The number of fused-ring (bicyclic) bond motifs is 3. The number of nitrogens with zero attached hydrogens (tertiary/aromatic N) is 2. The number of H-pyrrole nitrogens is 1. The van der Waals surface area contributed by atoms with Gasteiger partial charge in [-0.1, -0.05) is 12.1 Å². The minimum Gasteiger partial charge on any atom is -0.321 e. The molecule has 0 spiro atoms. The molecule has 2 heterocycles. The van der Waals surface area contributed by atoms with Gasteiger partial charge in [0.15, 0.2) is 0 Å². The topological polar surface area (TPSA) is 62.2 Å². The third-order valence-corrected chi connectivity index (χ3v) is 3.47. The minimum atomic E-state index is -4.64. The summed E-state index contributed by atoms with van der Waals surface area (Å²) in [5, 5.41) is 2.76. The number of hydrogen-bond acceptors (Lipinski definition) is 3. The van der Waals surface area contributed by atoms with Gasteiger partial charge in [-0.15, -0.1) is 0 Å². The molecule has 0 bridgehead atoms. The molecule has 0 atom stereocenters. The van der Waals surface area contributed by atoms with Gasteiger partial charge in [0.2, 0.25) is 5.78 Å². The first-order valence-corrected chi connectivity index (χ1v) is 6.67. The monoisotopic (exact) mass is 310 g/mol. The summed E-state index contributed by atoms with van der Waals surface area (Å²) >= 11 is 0. The maximum absolute atomic E-state index is 13.2. The van der Waals surface area contributed by atoms with E-state index in [1.807, 2.05) is 0 Å². The lowest BCUT2D eigenvalue weighted by atomic mass is 10.1. The molecule has 0 aliphatic carbocycles. The van der Waals surface area contributed by atoms with Gasteiger partial charge in [-0.2, -0.15) is 13.2 Å². The maximum atomic E-state index is 13.2. The average Bonchev–Trinajstić information content (AvgIpc) is 2.83. The smallest absolute Gasteiger partial charge is 0.321 e. The summed E-state index contributed by atoms with van der Waals surface area (Å²) < 4.78 is 40.8. The van der Waals surface area contributed by atoms with E-state index in [1.165, 1.54) is 4.40 Å². The Hall–Kier alpha value is -2.35. The number of nitrogens with one attached hydrogen (secondary N) is 2. The molecule has 8 heteroatoms. The number of alkyl halides is 3. The van der Waals surface area contributed by atoms with Gasteiger partial charge in [0.1, 0.15) is 5.69 Å². The standard InChI is InChI=1S/C14H13F3N4O/c1-18-7-6-8-11(14(15,16)17)20-13-19-9-4-2-3-5-10(9)21(13)12(8)22/h2-5,18H,6-7H2,1H3,(H,19,20). The van der Waals surface area contributed by atoms with Crippen LogP contribution in [0.3, 0.4) is 0 Å². The molecule has 0 saturated carbocycles. The highest BCUT2D eigenvalue weighted by molar-refractivity contribution is 5.79. The van der Waals surface area contributed by atoms with E-state index in [-0.39, 0.29) is 24.3 Å². The fourth-order valence-corrected chi connectivity index (χ4v) is 2.47. The lowest BCUT2D eigenvalue weighted by molar-refractivity contribution is -0.141. The summed E-state index contributed by atoms with van der Waals surface area (Å²) in [6.45, 7) is 0.268. The van der Waals surface area contributed by atoms with Gasteiger partial charge >= 0.3 is 6.18 Å². The zero-order valence-electron chi connectivity index (χ0n) is 11.7. The molecule has 0 amide bonds. The normalized spacial score (nSPS) is 12.4. The first kappa shape index (κ1) is 14.6. The fourth-order valence-electron chi connectivity index (χ4n) is 2.47. The zero-order chi connectivity index (χ0) is 15.9. The number of halogens is 3. The third kappa shape index (κ3) is 2.25. The van der Waals surface area contributed by atoms with Crippen molar-refractivity contribution in [2.75, 3.05) is 13.6 Å². The third-order valence-electron chi connectivity index (χ3n) is 3.47. The van der Waals surface area contributed by atoms with Gasteiger partial charge in [-0.25, -0.2) is 9.38 Å². The Morgan fingerprint density at radius 3 is 2.73 bits per heavy atom. The van der Waals surface area contributed by atoms with Crippen LogP contribution in [0, 0.1) is 0 Å². The number of imidazole rings is 1. The van der Waals surface area contributed by atoms with E-state index in [9.17, 15) is 18.0 Å². The Kier molecular flexibility index (Phi) is 3.40. The van der Waals surface area contributed by atoms with Crippen LogP contribution >= 0.6 is 0 Å². The summed E-state index contributed by atoms with van der Waals surface area (Å²) in [6, 6.07) is 6.72. The van der Waals surface area contributed by atoms with Crippen LogP contribution in [0.25, 0.3) is 16.8 Å². The maximum Gasteiger partial charge on any atom is 0.431 e. The van der Waals surface area contributed by atoms with Crippen LogP contribution in [0.4, 0.5) is 13.2 Å². The molecule has 22 heavy (non-hydrogen) atoms. The fraction of sp³-hybridized carbons (Fsp3) is 0.286. The molecule has 0 radical (unpaired) electrons. The van der Waals surface area contributed by atoms with Gasteiger partial charge in [-0.05, 0) is 32.1 Å². The predicted octanol–water partition coefficient (Wildman–Crippen LogP) is 1.96. The van der Waals surface area contributed by atoms with Crippen LogP contribution < -0.4 is 10.9 Å². The highest BCUT2D eigenvalue weighted by Crippen LogP contribution is 2.30. The molecule has 0 fully saturated rings. The molecule has 2 N–H and O–H groups in total. The number of aromatic amines is 1. The number of rotatable bonds is 3. The molecule has 0 aliphatic rings. The Bertz CT molecular complexity index is 895. The summed E-state index contributed by atoms with van der Waals surface area (Å²) in [5.74, 6) is -0.105. The van der Waals surface area contributed by atoms with Crippen molar-refractivity contribution in [3.05, 3.63) is 45.9 Å². The van der Waals surface area contributed by atoms with E-state index < -0.39 is 17.4 Å². The van der Waals surface area contributed by atoms with Crippen LogP contribution in [0.1, 0.15) is 11.3 Å². The van der Waals surface area contributed by atoms with Crippen LogP contribution in [0.2, 0.25) is 0 Å². The number of para-hydroxylation sites is 2. The number of benzene rings is 1. The molecule has 0 aliphatic heterocycles. The molecule has 3 rings (SSSR count). The molecule has 0 unspecified atom stereocenters. The summed E-state index contributed by atoms with van der Waals surface area (Å²) in [4.78, 5) is 18.9. The van der Waals surface area contributed by atoms with Crippen molar-refractivity contribution >= 4 is 16.8 Å². The molecule has 0 saturated heterocycles. The number of hydrogen-bond donors (Lipinski definition) is 2. The number of likely N-dealkylation sites (N-methyl/N-ethyl adjacent to an activating group) is 1. The molecule has 5 nitrogen and oxygen atoms in total.